The first-order chi connectivity index (χ1) is 9.15. The second-order valence-electron chi connectivity index (χ2n) is 4.90. The minimum Gasteiger partial charge on any atom is -0.493 e. The van der Waals surface area contributed by atoms with Gasteiger partial charge in [0.25, 0.3) is 0 Å². The largest absolute Gasteiger partial charge is 0.493 e. The summed E-state index contributed by atoms with van der Waals surface area (Å²) < 4.78 is 5.67. The summed E-state index contributed by atoms with van der Waals surface area (Å²) in [6.45, 7) is 4.81. The van der Waals surface area contributed by atoms with Crippen molar-refractivity contribution in [1.29, 1.82) is 0 Å². The van der Waals surface area contributed by atoms with Crippen molar-refractivity contribution in [3.8, 4) is 5.75 Å². The Labute approximate surface area is 115 Å². The number of carboxylic acid groups (broad SMARTS) is 1. The molecule has 0 fully saturated rings. The topological polar surface area (TPSA) is 46.5 Å². The molecule has 106 valence electrons. The Hall–Kier alpha value is -1.51. The zero-order valence-corrected chi connectivity index (χ0v) is 11.9. The van der Waals surface area contributed by atoms with E-state index in [1.165, 1.54) is 32.1 Å². The number of carboxylic acids is 1. The van der Waals surface area contributed by atoms with Crippen LogP contribution in [-0.4, -0.2) is 17.7 Å². The molecule has 0 amide bonds. The summed E-state index contributed by atoms with van der Waals surface area (Å²) in [5.41, 5.74) is 1.26. The van der Waals surface area contributed by atoms with Crippen LogP contribution in [0.15, 0.2) is 18.2 Å². The minimum absolute atomic E-state index is 0.281. The van der Waals surface area contributed by atoms with Gasteiger partial charge in [-0.05, 0) is 31.0 Å². The van der Waals surface area contributed by atoms with Crippen LogP contribution < -0.4 is 4.74 Å². The lowest BCUT2D eigenvalue weighted by Gasteiger charge is -2.09. The van der Waals surface area contributed by atoms with Gasteiger partial charge >= 0.3 is 5.97 Å². The Balaban J connectivity index is 2.32. The number of carbonyl (C=O) groups is 1. The number of benzene rings is 1. The van der Waals surface area contributed by atoms with E-state index < -0.39 is 5.97 Å². The average Bonchev–Trinajstić information content (AvgIpc) is 2.39. The zero-order valence-electron chi connectivity index (χ0n) is 11.9. The van der Waals surface area contributed by atoms with Crippen molar-refractivity contribution in [2.24, 2.45) is 0 Å². The van der Waals surface area contributed by atoms with E-state index in [0.717, 1.165) is 12.0 Å². The predicted molar refractivity (Wildman–Crippen MR) is 77.0 cm³/mol. The third-order valence-corrected chi connectivity index (χ3v) is 3.19. The summed E-state index contributed by atoms with van der Waals surface area (Å²) in [7, 11) is 0. The quantitative estimate of drug-likeness (QED) is 0.671. The molecule has 0 radical (unpaired) electrons. The highest BCUT2D eigenvalue weighted by Gasteiger charge is 2.06. The van der Waals surface area contributed by atoms with Gasteiger partial charge in [0.05, 0.1) is 12.2 Å². The highest BCUT2D eigenvalue weighted by atomic mass is 16.5. The van der Waals surface area contributed by atoms with Gasteiger partial charge in [-0.15, -0.1) is 0 Å². The van der Waals surface area contributed by atoms with Crippen molar-refractivity contribution >= 4 is 5.97 Å². The van der Waals surface area contributed by atoms with Gasteiger partial charge in [-0.1, -0.05) is 45.1 Å². The summed E-state index contributed by atoms with van der Waals surface area (Å²) in [4.78, 5) is 10.9. The van der Waals surface area contributed by atoms with Gasteiger partial charge < -0.3 is 9.84 Å². The van der Waals surface area contributed by atoms with Gasteiger partial charge in [-0.2, -0.15) is 0 Å². The molecule has 0 unspecified atom stereocenters. The smallest absolute Gasteiger partial charge is 0.335 e. The van der Waals surface area contributed by atoms with Gasteiger partial charge in [0.1, 0.15) is 5.75 Å². The number of rotatable bonds is 9. The molecule has 0 aliphatic heterocycles. The summed E-state index contributed by atoms with van der Waals surface area (Å²) in [6.07, 6.45) is 7.33. The number of unbranched alkanes of at least 4 members (excludes halogenated alkanes) is 5. The molecule has 0 aliphatic carbocycles. The normalized spacial score (nSPS) is 10.4. The first kappa shape index (κ1) is 15.5. The number of aromatic carboxylic acids is 1. The minimum atomic E-state index is -0.913. The van der Waals surface area contributed by atoms with Crippen molar-refractivity contribution in [1.82, 2.24) is 0 Å². The van der Waals surface area contributed by atoms with E-state index in [2.05, 4.69) is 6.92 Å². The summed E-state index contributed by atoms with van der Waals surface area (Å²) >= 11 is 0. The second-order valence-corrected chi connectivity index (χ2v) is 4.90. The third-order valence-electron chi connectivity index (χ3n) is 3.19. The molecule has 0 aromatic heterocycles. The highest BCUT2D eigenvalue weighted by Crippen LogP contribution is 2.20. The molecule has 3 heteroatoms. The van der Waals surface area contributed by atoms with Crippen LogP contribution in [0.1, 0.15) is 61.4 Å². The van der Waals surface area contributed by atoms with Crippen LogP contribution in [0.2, 0.25) is 0 Å². The van der Waals surface area contributed by atoms with Crippen LogP contribution in [0.4, 0.5) is 0 Å². The first-order valence-corrected chi connectivity index (χ1v) is 7.12. The van der Waals surface area contributed by atoms with E-state index in [-0.39, 0.29) is 5.56 Å². The second kappa shape index (κ2) is 8.57. The molecule has 0 saturated heterocycles. The summed E-state index contributed by atoms with van der Waals surface area (Å²) in [5.74, 6) is -0.224. The Morgan fingerprint density at radius 3 is 2.53 bits per heavy atom. The molecule has 3 nitrogen and oxygen atoms in total. The number of ether oxygens (including phenoxy) is 1. The highest BCUT2D eigenvalue weighted by molar-refractivity contribution is 5.88. The van der Waals surface area contributed by atoms with E-state index in [1.54, 1.807) is 18.2 Å². The Morgan fingerprint density at radius 2 is 1.84 bits per heavy atom. The van der Waals surface area contributed by atoms with E-state index in [9.17, 15) is 4.79 Å². The SMILES string of the molecule is CCCCCCCCOc1cc(C(=O)O)ccc1C. The summed E-state index contributed by atoms with van der Waals surface area (Å²) in [6, 6.07) is 5.00. The van der Waals surface area contributed by atoms with Crippen molar-refractivity contribution in [2.75, 3.05) is 6.61 Å². The number of hydrogen-bond acceptors (Lipinski definition) is 2. The number of hydrogen-bond donors (Lipinski definition) is 1. The van der Waals surface area contributed by atoms with Crippen molar-refractivity contribution in [3.05, 3.63) is 29.3 Å². The molecule has 0 aliphatic rings. The van der Waals surface area contributed by atoms with Gasteiger partial charge in [0.2, 0.25) is 0 Å². The van der Waals surface area contributed by atoms with Crippen LogP contribution in [-0.2, 0) is 0 Å². The van der Waals surface area contributed by atoms with E-state index in [1.807, 2.05) is 6.92 Å². The van der Waals surface area contributed by atoms with Crippen LogP contribution in [0.3, 0.4) is 0 Å². The maximum Gasteiger partial charge on any atom is 0.335 e. The fraction of sp³-hybridized carbons (Fsp3) is 0.562. The molecule has 19 heavy (non-hydrogen) atoms. The van der Waals surface area contributed by atoms with Crippen LogP contribution in [0, 0.1) is 6.92 Å². The monoisotopic (exact) mass is 264 g/mol. The fourth-order valence-corrected chi connectivity index (χ4v) is 1.95. The van der Waals surface area contributed by atoms with Crippen molar-refractivity contribution in [3.63, 3.8) is 0 Å². The standard InChI is InChI=1S/C16H24O3/c1-3-4-5-6-7-8-11-19-15-12-14(16(17)18)10-9-13(15)2/h9-10,12H,3-8,11H2,1-2H3,(H,17,18). The fourth-order valence-electron chi connectivity index (χ4n) is 1.95. The van der Waals surface area contributed by atoms with Crippen molar-refractivity contribution < 1.29 is 14.6 Å². The molecule has 0 heterocycles. The van der Waals surface area contributed by atoms with Crippen LogP contribution >= 0.6 is 0 Å². The van der Waals surface area contributed by atoms with E-state index >= 15 is 0 Å². The van der Waals surface area contributed by atoms with Crippen LogP contribution in [0.25, 0.3) is 0 Å². The molecule has 1 aromatic rings. The van der Waals surface area contributed by atoms with Gasteiger partial charge in [-0.3, -0.25) is 0 Å². The van der Waals surface area contributed by atoms with Crippen LogP contribution in [0.5, 0.6) is 5.75 Å². The lowest BCUT2D eigenvalue weighted by molar-refractivity contribution is 0.0696. The van der Waals surface area contributed by atoms with E-state index in [0.29, 0.717) is 12.4 Å². The van der Waals surface area contributed by atoms with Crippen molar-refractivity contribution in [2.45, 2.75) is 52.4 Å². The average molecular weight is 264 g/mol. The first-order valence-electron chi connectivity index (χ1n) is 7.12. The lowest BCUT2D eigenvalue weighted by atomic mass is 10.1. The van der Waals surface area contributed by atoms with E-state index in [4.69, 9.17) is 9.84 Å². The molecule has 1 N–H and O–H groups in total. The molecular weight excluding hydrogens is 240 g/mol. The Morgan fingerprint density at radius 1 is 1.16 bits per heavy atom. The maximum atomic E-state index is 10.9. The lowest BCUT2D eigenvalue weighted by Crippen LogP contribution is -2.02. The molecule has 0 atom stereocenters. The molecule has 1 rings (SSSR count). The third kappa shape index (κ3) is 5.77. The predicted octanol–water partition coefficient (Wildman–Crippen LogP) is 4.43. The zero-order chi connectivity index (χ0) is 14.1. The molecule has 0 spiro atoms. The summed E-state index contributed by atoms with van der Waals surface area (Å²) in [5, 5.41) is 8.94. The Bertz CT molecular complexity index is 399. The molecule has 0 bridgehead atoms. The molecule has 1 aromatic carbocycles. The van der Waals surface area contributed by atoms with Gasteiger partial charge in [0, 0.05) is 0 Å². The molecule has 0 saturated carbocycles. The molecular formula is C16H24O3. The number of aryl methyl sites for hydroxylation is 1. The van der Waals surface area contributed by atoms with Gasteiger partial charge in [0.15, 0.2) is 0 Å². The maximum absolute atomic E-state index is 10.9. The van der Waals surface area contributed by atoms with Gasteiger partial charge in [-0.25, -0.2) is 4.79 Å². The Kier molecular flexibility index (Phi) is 7.01.